The van der Waals surface area contributed by atoms with Gasteiger partial charge in [-0.15, -0.1) is 11.8 Å². The Labute approximate surface area is 152 Å². The van der Waals surface area contributed by atoms with Gasteiger partial charge in [0.15, 0.2) is 5.16 Å². The first kappa shape index (κ1) is 18.4. The summed E-state index contributed by atoms with van der Waals surface area (Å²) in [6, 6.07) is 4.86. The molecule has 0 aliphatic carbocycles. The Balaban J connectivity index is 2.19. The van der Waals surface area contributed by atoms with Crippen LogP contribution in [-0.4, -0.2) is 20.6 Å². The van der Waals surface area contributed by atoms with Crippen molar-refractivity contribution in [1.82, 2.24) is 9.55 Å². The number of hydrogen-bond acceptors (Lipinski definition) is 4. The van der Waals surface area contributed by atoms with Gasteiger partial charge in [0.1, 0.15) is 0 Å². The summed E-state index contributed by atoms with van der Waals surface area (Å²) >= 11 is 2.84. The summed E-state index contributed by atoms with van der Waals surface area (Å²) in [6.45, 7) is 4.03. The lowest BCUT2D eigenvalue weighted by Crippen LogP contribution is -2.24. The number of hydrogen-bond donors (Lipinski definition) is 0. The fourth-order valence-corrected chi connectivity index (χ4v) is 4.50. The van der Waals surface area contributed by atoms with Gasteiger partial charge in [-0.25, -0.2) is 4.98 Å². The molecule has 0 saturated carbocycles. The number of alkyl halides is 3. The Bertz CT molecular complexity index is 849. The monoisotopic (exact) mass is 386 g/mol. The van der Waals surface area contributed by atoms with E-state index in [0.29, 0.717) is 16.5 Å². The van der Waals surface area contributed by atoms with E-state index >= 15 is 0 Å². The number of aromatic nitrogens is 2. The zero-order valence-corrected chi connectivity index (χ0v) is 15.4. The molecule has 3 nitrogen and oxygen atoms in total. The second kappa shape index (κ2) is 7.07. The molecule has 0 radical (unpaired) electrons. The predicted octanol–water partition coefficient (Wildman–Crippen LogP) is 4.79. The average Bonchev–Trinajstić information content (AvgIpc) is 3.03. The van der Waals surface area contributed by atoms with Crippen molar-refractivity contribution >= 4 is 23.5 Å². The Morgan fingerprint density at radius 1 is 1.40 bits per heavy atom. The zero-order valence-electron chi connectivity index (χ0n) is 13.8. The summed E-state index contributed by atoms with van der Waals surface area (Å²) in [7, 11) is 0. The summed E-state index contributed by atoms with van der Waals surface area (Å²) in [4.78, 5) is 18.1. The lowest BCUT2D eigenvalue weighted by atomic mass is 10.2. The van der Waals surface area contributed by atoms with E-state index in [0.717, 1.165) is 30.0 Å². The molecule has 3 rings (SSSR count). The Morgan fingerprint density at radius 2 is 2.16 bits per heavy atom. The molecule has 1 aliphatic heterocycles. The first-order valence-electron chi connectivity index (χ1n) is 7.94. The van der Waals surface area contributed by atoms with Gasteiger partial charge in [-0.05, 0) is 24.6 Å². The van der Waals surface area contributed by atoms with Crippen molar-refractivity contribution < 1.29 is 13.2 Å². The van der Waals surface area contributed by atoms with Crippen LogP contribution in [0.3, 0.4) is 0 Å². The van der Waals surface area contributed by atoms with Gasteiger partial charge in [0.25, 0.3) is 5.56 Å². The van der Waals surface area contributed by atoms with Crippen LogP contribution >= 0.6 is 23.5 Å². The second-order valence-electron chi connectivity index (χ2n) is 5.79. The molecule has 1 aliphatic rings. The summed E-state index contributed by atoms with van der Waals surface area (Å²) in [6.07, 6.45) is -2.87. The molecular formula is C17H17F3N2OS2. The third-order valence-electron chi connectivity index (χ3n) is 3.98. The summed E-state index contributed by atoms with van der Waals surface area (Å²) in [5, 5.41) is 0.663. The lowest BCUT2D eigenvalue weighted by Gasteiger charge is -2.17. The van der Waals surface area contributed by atoms with E-state index in [9.17, 15) is 18.0 Å². The molecule has 0 unspecified atom stereocenters. The topological polar surface area (TPSA) is 34.9 Å². The van der Waals surface area contributed by atoms with E-state index in [2.05, 4.69) is 4.98 Å². The quantitative estimate of drug-likeness (QED) is 0.559. The van der Waals surface area contributed by atoms with Gasteiger partial charge in [0.2, 0.25) is 0 Å². The van der Waals surface area contributed by atoms with E-state index in [1.165, 1.54) is 40.2 Å². The first-order valence-corrected chi connectivity index (χ1v) is 9.80. The van der Waals surface area contributed by atoms with Gasteiger partial charge in [0, 0.05) is 17.4 Å². The molecule has 1 atom stereocenters. The van der Waals surface area contributed by atoms with Crippen molar-refractivity contribution in [3.63, 3.8) is 0 Å². The van der Waals surface area contributed by atoms with E-state index in [1.807, 2.05) is 13.8 Å². The summed E-state index contributed by atoms with van der Waals surface area (Å²) < 4.78 is 40.5. The largest absolute Gasteiger partial charge is 0.416 e. The smallest absolute Gasteiger partial charge is 0.268 e. The first-order chi connectivity index (χ1) is 11.8. The molecule has 0 spiro atoms. The predicted molar refractivity (Wildman–Crippen MR) is 94.9 cm³/mol. The molecule has 0 fully saturated rings. The highest BCUT2D eigenvalue weighted by Crippen LogP contribution is 2.34. The van der Waals surface area contributed by atoms with Crippen LogP contribution in [0.1, 0.15) is 31.5 Å². The molecule has 134 valence electrons. The van der Waals surface area contributed by atoms with E-state index in [4.69, 9.17) is 0 Å². The Morgan fingerprint density at radius 3 is 2.84 bits per heavy atom. The highest BCUT2D eigenvalue weighted by molar-refractivity contribution is 8.00. The number of halogens is 3. The van der Waals surface area contributed by atoms with Crippen LogP contribution in [0.4, 0.5) is 13.2 Å². The Hall–Kier alpha value is -1.41. The highest BCUT2D eigenvalue weighted by atomic mass is 32.2. The van der Waals surface area contributed by atoms with Crippen molar-refractivity contribution in [1.29, 1.82) is 0 Å². The minimum absolute atomic E-state index is 0.202. The van der Waals surface area contributed by atoms with Crippen molar-refractivity contribution in [3.05, 3.63) is 45.9 Å². The standard InChI is InChI=1S/C17H17F3N2OS2/c1-3-10(2)25-16-21-13-7-8-24-14(13)15(23)22(16)12-6-4-5-11(9-12)17(18,19)20/h4-6,9-10H,3,7-8H2,1-2H3/t10-/m1/s1. The van der Waals surface area contributed by atoms with Gasteiger partial charge in [-0.1, -0.05) is 31.7 Å². The molecule has 0 saturated heterocycles. The van der Waals surface area contributed by atoms with Gasteiger partial charge in [-0.2, -0.15) is 13.2 Å². The lowest BCUT2D eigenvalue weighted by molar-refractivity contribution is -0.137. The fourth-order valence-electron chi connectivity index (χ4n) is 2.48. The van der Waals surface area contributed by atoms with Gasteiger partial charge >= 0.3 is 6.18 Å². The van der Waals surface area contributed by atoms with Gasteiger partial charge in [-0.3, -0.25) is 9.36 Å². The molecular weight excluding hydrogens is 369 g/mol. The Kier molecular flexibility index (Phi) is 5.20. The molecule has 8 heteroatoms. The van der Waals surface area contributed by atoms with Gasteiger partial charge < -0.3 is 0 Å². The average molecular weight is 386 g/mol. The molecule has 25 heavy (non-hydrogen) atoms. The van der Waals surface area contributed by atoms with Crippen LogP contribution in [-0.2, 0) is 12.6 Å². The number of nitrogens with zero attached hydrogens (tertiary/aromatic N) is 2. The molecule has 2 heterocycles. The number of thioether (sulfide) groups is 2. The minimum atomic E-state index is -4.46. The van der Waals surface area contributed by atoms with Crippen molar-refractivity contribution in [2.24, 2.45) is 0 Å². The maximum Gasteiger partial charge on any atom is 0.416 e. The third-order valence-corrected chi connectivity index (χ3v) is 6.31. The summed E-state index contributed by atoms with van der Waals surface area (Å²) in [5.74, 6) is 0.775. The molecule has 0 amide bonds. The third kappa shape index (κ3) is 3.74. The van der Waals surface area contributed by atoms with Crippen LogP contribution < -0.4 is 5.56 Å². The minimum Gasteiger partial charge on any atom is -0.268 e. The number of benzene rings is 1. The number of rotatable bonds is 4. The van der Waals surface area contributed by atoms with Crippen molar-refractivity contribution in [3.8, 4) is 5.69 Å². The highest BCUT2D eigenvalue weighted by Gasteiger charge is 2.31. The molecule has 2 aromatic rings. The molecule has 0 bridgehead atoms. The van der Waals surface area contributed by atoms with Crippen LogP contribution in [0.5, 0.6) is 0 Å². The van der Waals surface area contributed by atoms with Crippen LogP contribution in [0.2, 0.25) is 0 Å². The molecule has 1 aromatic carbocycles. The number of fused-ring (bicyclic) bond motifs is 1. The van der Waals surface area contributed by atoms with Crippen LogP contribution in [0.25, 0.3) is 5.69 Å². The van der Waals surface area contributed by atoms with Crippen LogP contribution in [0.15, 0.2) is 39.1 Å². The normalized spacial score (nSPS) is 15.2. The zero-order chi connectivity index (χ0) is 18.2. The van der Waals surface area contributed by atoms with Crippen LogP contribution in [0, 0.1) is 0 Å². The van der Waals surface area contributed by atoms with Gasteiger partial charge in [0.05, 0.1) is 21.8 Å². The maximum absolute atomic E-state index is 13.1. The van der Waals surface area contributed by atoms with E-state index in [-0.39, 0.29) is 16.5 Å². The second-order valence-corrected chi connectivity index (χ2v) is 8.30. The van der Waals surface area contributed by atoms with Crippen molar-refractivity contribution in [2.75, 3.05) is 5.75 Å². The SMILES string of the molecule is CC[C@@H](C)Sc1nc2c(c(=O)n1-c1cccc(C(F)(F)F)c1)SCC2. The maximum atomic E-state index is 13.1. The molecule has 0 N–H and O–H groups in total. The van der Waals surface area contributed by atoms with E-state index in [1.54, 1.807) is 0 Å². The molecule has 1 aromatic heterocycles. The summed E-state index contributed by atoms with van der Waals surface area (Å²) in [5.41, 5.74) is -0.0976. The van der Waals surface area contributed by atoms with Crippen molar-refractivity contribution in [2.45, 2.75) is 48.2 Å². The van der Waals surface area contributed by atoms with E-state index < -0.39 is 11.7 Å². The fraction of sp³-hybridized carbons (Fsp3) is 0.412. The number of aryl methyl sites for hydroxylation is 1.